The van der Waals surface area contributed by atoms with Crippen molar-refractivity contribution in [1.29, 1.82) is 0 Å². The Kier molecular flexibility index (Phi) is 10.7. The number of rotatable bonds is 13. The minimum absolute atomic E-state index is 0.0365. The number of hydrogen-bond donors (Lipinski definition) is 1. The van der Waals surface area contributed by atoms with Gasteiger partial charge in [0, 0.05) is 25.6 Å². The highest BCUT2D eigenvalue weighted by molar-refractivity contribution is 7.92. The lowest BCUT2D eigenvalue weighted by molar-refractivity contribution is -0.141. The average Bonchev–Trinajstić information content (AvgIpc) is 2.81. The zero-order valence-corrected chi connectivity index (χ0v) is 22.3. The number of anilines is 1. The van der Waals surface area contributed by atoms with Crippen LogP contribution in [0.15, 0.2) is 48.5 Å². The van der Waals surface area contributed by atoms with Gasteiger partial charge in [-0.25, -0.2) is 12.8 Å². The van der Waals surface area contributed by atoms with Gasteiger partial charge in [0.15, 0.2) is 0 Å². The second-order valence-electron chi connectivity index (χ2n) is 8.87. The molecule has 10 heteroatoms. The smallest absolute Gasteiger partial charge is 0.243 e. The molecule has 0 aromatic heterocycles. The molecule has 198 valence electrons. The van der Waals surface area contributed by atoms with Crippen molar-refractivity contribution in [2.75, 3.05) is 24.2 Å². The van der Waals surface area contributed by atoms with Crippen LogP contribution in [0.25, 0.3) is 0 Å². The van der Waals surface area contributed by atoms with E-state index in [0.717, 1.165) is 16.1 Å². The fraction of sp³-hybridized carbons (Fsp3) is 0.462. The van der Waals surface area contributed by atoms with Crippen LogP contribution in [0.5, 0.6) is 5.75 Å². The lowest BCUT2D eigenvalue weighted by Gasteiger charge is -2.31. The molecule has 36 heavy (non-hydrogen) atoms. The van der Waals surface area contributed by atoms with Crippen LogP contribution in [0.3, 0.4) is 0 Å². The molecule has 2 aromatic rings. The monoisotopic (exact) mass is 521 g/mol. The summed E-state index contributed by atoms with van der Waals surface area (Å²) in [5.41, 5.74) is 1.16. The number of carbonyl (C=O) groups is 2. The largest absolute Gasteiger partial charge is 0.497 e. The molecule has 0 spiro atoms. The Morgan fingerprint density at radius 1 is 1.06 bits per heavy atom. The number of hydrogen-bond acceptors (Lipinski definition) is 5. The van der Waals surface area contributed by atoms with Gasteiger partial charge < -0.3 is 15.0 Å². The van der Waals surface area contributed by atoms with Crippen LogP contribution in [0, 0.1) is 5.82 Å². The normalized spacial score (nSPS) is 12.2. The molecule has 0 saturated heterocycles. The van der Waals surface area contributed by atoms with Gasteiger partial charge in [-0.05, 0) is 68.7 Å². The molecule has 0 saturated carbocycles. The SMILES string of the molecule is CCC(C(=O)NC(C)C)N(Cc1ccc(OC)cc1)C(=O)CCCN(c1ccc(F)cc1)S(C)(=O)=O. The first kappa shape index (κ1) is 29.1. The summed E-state index contributed by atoms with van der Waals surface area (Å²) in [5.74, 6) is -0.285. The highest BCUT2D eigenvalue weighted by Crippen LogP contribution is 2.21. The Morgan fingerprint density at radius 3 is 2.17 bits per heavy atom. The highest BCUT2D eigenvalue weighted by Gasteiger charge is 2.29. The molecule has 1 unspecified atom stereocenters. The van der Waals surface area contributed by atoms with Gasteiger partial charge in [0.2, 0.25) is 21.8 Å². The van der Waals surface area contributed by atoms with Crippen LogP contribution in [-0.2, 0) is 26.2 Å². The molecular weight excluding hydrogens is 485 g/mol. The maximum absolute atomic E-state index is 13.4. The van der Waals surface area contributed by atoms with Crippen molar-refractivity contribution in [3.8, 4) is 5.75 Å². The summed E-state index contributed by atoms with van der Waals surface area (Å²) in [5, 5.41) is 2.88. The molecule has 1 N–H and O–H groups in total. The van der Waals surface area contributed by atoms with Crippen LogP contribution in [0.2, 0.25) is 0 Å². The van der Waals surface area contributed by atoms with Crippen molar-refractivity contribution in [2.24, 2.45) is 0 Å². The van der Waals surface area contributed by atoms with E-state index in [2.05, 4.69) is 5.32 Å². The highest BCUT2D eigenvalue weighted by atomic mass is 32.2. The molecule has 0 radical (unpaired) electrons. The molecule has 1 atom stereocenters. The predicted octanol–water partition coefficient (Wildman–Crippen LogP) is 3.71. The summed E-state index contributed by atoms with van der Waals surface area (Å²) in [6, 6.07) is 11.7. The number of carbonyl (C=O) groups excluding carboxylic acids is 2. The zero-order valence-electron chi connectivity index (χ0n) is 21.5. The number of ether oxygens (including phenoxy) is 1. The molecule has 0 aliphatic rings. The third-order valence-corrected chi connectivity index (χ3v) is 6.79. The maximum Gasteiger partial charge on any atom is 0.243 e. The number of sulfonamides is 1. The van der Waals surface area contributed by atoms with Crippen molar-refractivity contribution >= 4 is 27.5 Å². The fourth-order valence-electron chi connectivity index (χ4n) is 3.84. The van der Waals surface area contributed by atoms with Crippen molar-refractivity contribution in [2.45, 2.75) is 58.7 Å². The van der Waals surface area contributed by atoms with Crippen LogP contribution in [-0.4, -0.2) is 57.1 Å². The van der Waals surface area contributed by atoms with E-state index in [9.17, 15) is 22.4 Å². The molecule has 0 fully saturated rings. The Morgan fingerprint density at radius 2 is 1.67 bits per heavy atom. The summed E-state index contributed by atoms with van der Waals surface area (Å²) < 4.78 is 44.3. The second kappa shape index (κ2) is 13.2. The second-order valence-corrected chi connectivity index (χ2v) is 10.8. The molecule has 0 aliphatic carbocycles. The quantitative estimate of drug-likeness (QED) is 0.434. The van der Waals surface area contributed by atoms with Gasteiger partial charge in [-0.15, -0.1) is 0 Å². The lowest BCUT2D eigenvalue weighted by atomic mass is 10.1. The Labute approximate surface area is 213 Å². The molecule has 2 aromatic carbocycles. The minimum atomic E-state index is -3.64. The van der Waals surface area contributed by atoms with E-state index in [1.165, 1.54) is 24.3 Å². The van der Waals surface area contributed by atoms with Crippen LogP contribution < -0.4 is 14.4 Å². The van der Waals surface area contributed by atoms with Gasteiger partial charge in [0.1, 0.15) is 17.6 Å². The average molecular weight is 522 g/mol. The van der Waals surface area contributed by atoms with E-state index in [0.29, 0.717) is 17.9 Å². The van der Waals surface area contributed by atoms with Crippen molar-refractivity contribution in [1.82, 2.24) is 10.2 Å². The van der Waals surface area contributed by atoms with E-state index in [-0.39, 0.29) is 43.8 Å². The molecule has 0 heterocycles. The standard InChI is InChI=1S/C26H36FN3O5S/c1-6-24(26(32)28-19(2)3)29(18-20-9-15-23(35-4)16-10-20)25(31)8-7-17-30(36(5,33)34)22-13-11-21(27)12-14-22/h9-16,19,24H,6-8,17-18H2,1-5H3,(H,28,32). The topological polar surface area (TPSA) is 96.0 Å². The Bertz CT molecular complexity index is 1110. The molecule has 0 bridgehead atoms. The predicted molar refractivity (Wildman–Crippen MR) is 139 cm³/mol. The van der Waals surface area contributed by atoms with Gasteiger partial charge in [-0.1, -0.05) is 19.1 Å². The number of benzene rings is 2. The number of halogens is 1. The molecule has 2 rings (SSSR count). The minimum Gasteiger partial charge on any atom is -0.497 e. The van der Waals surface area contributed by atoms with Crippen LogP contribution >= 0.6 is 0 Å². The fourth-order valence-corrected chi connectivity index (χ4v) is 4.80. The third-order valence-electron chi connectivity index (χ3n) is 5.60. The van der Waals surface area contributed by atoms with Crippen LogP contribution in [0.4, 0.5) is 10.1 Å². The van der Waals surface area contributed by atoms with Gasteiger partial charge >= 0.3 is 0 Å². The molecule has 2 amide bonds. The number of nitrogens with one attached hydrogen (secondary N) is 1. The number of nitrogens with zero attached hydrogens (tertiary/aromatic N) is 2. The summed E-state index contributed by atoms with van der Waals surface area (Å²) in [6.07, 6.45) is 1.75. The summed E-state index contributed by atoms with van der Waals surface area (Å²) in [6.45, 7) is 5.83. The first-order chi connectivity index (χ1) is 17.0. The van der Waals surface area contributed by atoms with E-state index >= 15 is 0 Å². The molecule has 0 aliphatic heterocycles. The van der Waals surface area contributed by atoms with Gasteiger partial charge in [0.25, 0.3) is 0 Å². The van der Waals surface area contributed by atoms with Gasteiger partial charge in [-0.3, -0.25) is 13.9 Å². The number of amides is 2. The third kappa shape index (κ3) is 8.51. The lowest BCUT2D eigenvalue weighted by Crippen LogP contribution is -2.50. The summed E-state index contributed by atoms with van der Waals surface area (Å²) >= 11 is 0. The summed E-state index contributed by atoms with van der Waals surface area (Å²) in [4.78, 5) is 27.8. The first-order valence-corrected chi connectivity index (χ1v) is 13.8. The van der Waals surface area contributed by atoms with Crippen molar-refractivity contribution in [3.05, 3.63) is 59.9 Å². The molecule has 8 nitrogen and oxygen atoms in total. The van der Waals surface area contributed by atoms with Gasteiger partial charge in [0.05, 0.1) is 19.1 Å². The van der Waals surface area contributed by atoms with E-state index in [1.807, 2.05) is 32.9 Å². The summed E-state index contributed by atoms with van der Waals surface area (Å²) in [7, 11) is -2.07. The van der Waals surface area contributed by atoms with E-state index in [4.69, 9.17) is 4.74 Å². The van der Waals surface area contributed by atoms with Crippen molar-refractivity contribution < 1.29 is 27.1 Å². The van der Waals surface area contributed by atoms with E-state index in [1.54, 1.807) is 24.1 Å². The Hall–Kier alpha value is -3.14. The van der Waals surface area contributed by atoms with E-state index < -0.39 is 21.9 Å². The Balaban J connectivity index is 2.21. The van der Waals surface area contributed by atoms with Gasteiger partial charge in [-0.2, -0.15) is 0 Å². The first-order valence-electron chi connectivity index (χ1n) is 11.9. The maximum atomic E-state index is 13.4. The van der Waals surface area contributed by atoms with Crippen LogP contribution in [0.1, 0.15) is 45.6 Å². The molecular formula is C26H36FN3O5S. The number of methoxy groups -OCH3 is 1. The van der Waals surface area contributed by atoms with Crippen molar-refractivity contribution in [3.63, 3.8) is 0 Å². The zero-order chi connectivity index (χ0) is 26.9.